The molecule has 7 nitrogen and oxygen atoms in total. The van der Waals surface area contributed by atoms with Crippen molar-refractivity contribution >= 4 is 35.8 Å². The monoisotopic (exact) mass is 571 g/mol. The number of halogens is 1. The first-order valence-corrected chi connectivity index (χ1v) is 12.2. The minimum atomic E-state index is -0.0199. The van der Waals surface area contributed by atoms with E-state index in [1.165, 1.54) is 32.1 Å². The zero-order valence-electron chi connectivity index (χ0n) is 20.5. The molecule has 0 bridgehead atoms. The fourth-order valence-electron chi connectivity index (χ4n) is 4.74. The van der Waals surface area contributed by atoms with Crippen molar-refractivity contribution in [1.29, 1.82) is 0 Å². The van der Waals surface area contributed by atoms with Gasteiger partial charge in [-0.1, -0.05) is 38.3 Å². The van der Waals surface area contributed by atoms with Crippen molar-refractivity contribution in [1.82, 2.24) is 20.9 Å². The van der Waals surface area contributed by atoms with Gasteiger partial charge in [0.25, 0.3) is 5.91 Å². The van der Waals surface area contributed by atoms with Crippen LogP contribution in [0.2, 0.25) is 0 Å². The Labute approximate surface area is 216 Å². The lowest BCUT2D eigenvalue weighted by Gasteiger charge is -2.48. The average Bonchev–Trinajstić information content (AvgIpc) is 2.85. The number of morpholine rings is 1. The lowest BCUT2D eigenvalue weighted by Crippen LogP contribution is -2.60. The van der Waals surface area contributed by atoms with Crippen molar-refractivity contribution < 1.29 is 9.53 Å². The number of carbonyl (C=O) groups excluding carboxylic acids is 1. The topological polar surface area (TPSA) is 78.0 Å². The highest BCUT2D eigenvalue weighted by Crippen LogP contribution is 2.33. The average molecular weight is 572 g/mol. The molecular weight excluding hydrogens is 529 g/mol. The van der Waals surface area contributed by atoms with E-state index < -0.39 is 0 Å². The van der Waals surface area contributed by atoms with Crippen LogP contribution < -0.4 is 16.0 Å². The van der Waals surface area contributed by atoms with Crippen LogP contribution >= 0.6 is 24.0 Å². The normalized spacial score (nSPS) is 19.8. The molecule has 2 aliphatic rings. The van der Waals surface area contributed by atoms with E-state index in [0.29, 0.717) is 12.1 Å². The quantitative estimate of drug-likeness (QED) is 0.253. The Morgan fingerprint density at radius 3 is 2.58 bits per heavy atom. The number of benzene rings is 1. The van der Waals surface area contributed by atoms with E-state index in [1.54, 1.807) is 0 Å². The Kier molecular flexibility index (Phi) is 11.9. The van der Waals surface area contributed by atoms with Crippen molar-refractivity contribution in [2.75, 3.05) is 39.9 Å². The predicted octanol–water partition coefficient (Wildman–Crippen LogP) is 3.53. The molecule has 1 saturated heterocycles. The number of carbonyl (C=O) groups is 1. The van der Waals surface area contributed by atoms with Gasteiger partial charge in [0, 0.05) is 50.4 Å². The summed E-state index contributed by atoms with van der Waals surface area (Å²) >= 11 is 0. The van der Waals surface area contributed by atoms with E-state index in [2.05, 4.69) is 32.8 Å². The van der Waals surface area contributed by atoms with Crippen LogP contribution in [-0.2, 0) is 11.3 Å². The molecule has 186 valence electrons. The summed E-state index contributed by atoms with van der Waals surface area (Å²) in [6.07, 6.45) is 7.28. The molecule has 1 aliphatic heterocycles. The molecular formula is C25H42IN5O2. The van der Waals surface area contributed by atoms with Crippen molar-refractivity contribution in [2.45, 2.75) is 70.5 Å². The molecule has 3 N–H and O–H groups in total. The minimum absolute atomic E-state index is 0. The summed E-state index contributed by atoms with van der Waals surface area (Å²) in [7, 11) is 1.81. The van der Waals surface area contributed by atoms with Gasteiger partial charge in [-0.2, -0.15) is 0 Å². The molecule has 1 aromatic carbocycles. The Morgan fingerprint density at radius 1 is 1.18 bits per heavy atom. The Balaban J connectivity index is 0.00000385. The zero-order valence-corrected chi connectivity index (χ0v) is 22.8. The molecule has 0 radical (unpaired) electrons. The highest BCUT2D eigenvalue weighted by molar-refractivity contribution is 14.0. The van der Waals surface area contributed by atoms with E-state index in [4.69, 9.17) is 4.74 Å². The van der Waals surface area contributed by atoms with E-state index in [9.17, 15) is 4.79 Å². The van der Waals surface area contributed by atoms with Gasteiger partial charge in [0.1, 0.15) is 0 Å². The molecule has 1 aliphatic carbocycles. The van der Waals surface area contributed by atoms with Gasteiger partial charge in [-0.25, -0.2) is 0 Å². The maximum Gasteiger partial charge on any atom is 0.251 e. The molecule has 2 fully saturated rings. The molecule has 1 atom stereocenters. The lowest BCUT2D eigenvalue weighted by molar-refractivity contribution is -0.0352. The molecule has 1 saturated carbocycles. The van der Waals surface area contributed by atoms with Crippen LogP contribution in [0.3, 0.4) is 0 Å². The molecule has 3 rings (SSSR count). The van der Waals surface area contributed by atoms with E-state index in [0.717, 1.165) is 50.8 Å². The van der Waals surface area contributed by atoms with Gasteiger partial charge in [0.05, 0.1) is 13.2 Å². The van der Waals surface area contributed by atoms with Gasteiger partial charge >= 0.3 is 0 Å². The number of guanidine groups is 1. The summed E-state index contributed by atoms with van der Waals surface area (Å²) in [4.78, 5) is 19.5. The summed E-state index contributed by atoms with van der Waals surface area (Å²) < 4.78 is 5.60. The van der Waals surface area contributed by atoms with Crippen molar-refractivity contribution in [2.24, 2.45) is 4.99 Å². The van der Waals surface area contributed by atoms with Crippen LogP contribution in [0.25, 0.3) is 0 Å². The van der Waals surface area contributed by atoms with Gasteiger partial charge in [-0.05, 0) is 43.9 Å². The van der Waals surface area contributed by atoms with Gasteiger partial charge in [-0.15, -0.1) is 24.0 Å². The number of ether oxygens (including phenoxy) is 1. The maximum absolute atomic E-state index is 12.4. The first-order chi connectivity index (χ1) is 15.6. The number of nitrogens with zero attached hydrogens (tertiary/aromatic N) is 2. The summed E-state index contributed by atoms with van der Waals surface area (Å²) in [5, 5.41) is 10.1. The Bertz CT molecular complexity index is 761. The fourth-order valence-corrected chi connectivity index (χ4v) is 4.74. The second-order valence-corrected chi connectivity index (χ2v) is 9.15. The predicted molar refractivity (Wildman–Crippen MR) is 145 cm³/mol. The highest BCUT2D eigenvalue weighted by atomic mass is 127. The second-order valence-electron chi connectivity index (χ2n) is 9.15. The van der Waals surface area contributed by atoms with Crippen LogP contribution in [0, 0.1) is 0 Å². The molecule has 1 heterocycles. The minimum Gasteiger partial charge on any atom is -0.379 e. The molecule has 1 aromatic rings. The SMILES string of the molecule is CCC(C)NC(=O)c1cccc(CNC(=NC)NCC2(N3CCOCC3)CCCCC2)c1.I. The summed E-state index contributed by atoms with van der Waals surface area (Å²) in [5.74, 6) is 0.783. The largest absolute Gasteiger partial charge is 0.379 e. The first kappa shape index (κ1) is 27.9. The fraction of sp³-hybridized carbons (Fsp3) is 0.680. The van der Waals surface area contributed by atoms with E-state index in [1.807, 2.05) is 38.2 Å². The third-order valence-electron chi connectivity index (χ3n) is 6.91. The number of hydrogen-bond donors (Lipinski definition) is 3. The molecule has 1 unspecified atom stereocenters. The van der Waals surface area contributed by atoms with Gasteiger partial charge in [0.15, 0.2) is 5.96 Å². The molecule has 8 heteroatoms. The van der Waals surface area contributed by atoms with Crippen LogP contribution in [0.15, 0.2) is 29.3 Å². The zero-order chi connectivity index (χ0) is 22.8. The number of nitrogens with one attached hydrogen (secondary N) is 3. The first-order valence-electron chi connectivity index (χ1n) is 12.2. The van der Waals surface area contributed by atoms with Crippen LogP contribution in [0.5, 0.6) is 0 Å². The third-order valence-corrected chi connectivity index (χ3v) is 6.91. The summed E-state index contributed by atoms with van der Waals surface area (Å²) in [5.41, 5.74) is 1.94. The number of hydrogen-bond acceptors (Lipinski definition) is 4. The van der Waals surface area contributed by atoms with Crippen molar-refractivity contribution in [3.8, 4) is 0 Å². The number of rotatable bonds is 8. The highest BCUT2D eigenvalue weighted by Gasteiger charge is 2.38. The van der Waals surface area contributed by atoms with E-state index in [-0.39, 0.29) is 41.5 Å². The van der Waals surface area contributed by atoms with E-state index >= 15 is 0 Å². The molecule has 0 spiro atoms. The number of aliphatic imine (C=N–C) groups is 1. The molecule has 0 aromatic heterocycles. The van der Waals surface area contributed by atoms with Gasteiger partial charge in [-0.3, -0.25) is 14.7 Å². The number of amides is 1. The van der Waals surface area contributed by atoms with Crippen molar-refractivity contribution in [3.63, 3.8) is 0 Å². The second kappa shape index (κ2) is 14.1. The smallest absolute Gasteiger partial charge is 0.251 e. The molecule has 33 heavy (non-hydrogen) atoms. The third kappa shape index (κ3) is 8.10. The van der Waals surface area contributed by atoms with Gasteiger partial charge < -0.3 is 20.7 Å². The Morgan fingerprint density at radius 2 is 1.91 bits per heavy atom. The van der Waals surface area contributed by atoms with Crippen LogP contribution in [0.1, 0.15) is 68.3 Å². The van der Waals surface area contributed by atoms with Crippen LogP contribution in [0.4, 0.5) is 0 Å². The summed E-state index contributed by atoms with van der Waals surface area (Å²) in [6, 6.07) is 7.97. The summed E-state index contributed by atoms with van der Waals surface area (Å²) in [6.45, 7) is 9.29. The lowest BCUT2D eigenvalue weighted by atomic mass is 9.80. The maximum atomic E-state index is 12.4. The van der Waals surface area contributed by atoms with Gasteiger partial charge in [0.2, 0.25) is 0 Å². The van der Waals surface area contributed by atoms with Crippen molar-refractivity contribution in [3.05, 3.63) is 35.4 Å². The van der Waals surface area contributed by atoms with Crippen LogP contribution in [-0.4, -0.2) is 68.2 Å². The standard InChI is InChI=1S/C25H41N5O2.HI/c1-4-20(2)29-23(31)22-10-8-9-21(17-22)18-27-24(26-3)28-19-25(11-6-5-7-12-25)30-13-15-32-16-14-30;/h8-10,17,20H,4-7,11-16,18-19H2,1-3H3,(H,29,31)(H2,26,27,28);1H. The Hall–Kier alpha value is -1.39. The molecule has 1 amide bonds.